The van der Waals surface area contributed by atoms with Gasteiger partial charge in [0.15, 0.2) is 0 Å². The molecule has 19 heavy (non-hydrogen) atoms. The summed E-state index contributed by atoms with van der Waals surface area (Å²) in [4.78, 5) is 25.6. The van der Waals surface area contributed by atoms with Gasteiger partial charge in [0.2, 0.25) is 11.8 Å². The third kappa shape index (κ3) is 3.93. The molecule has 1 rings (SSSR count). The topological polar surface area (TPSA) is 89.4 Å². The van der Waals surface area contributed by atoms with Gasteiger partial charge < -0.3 is 16.4 Å². The molecular formula is C14H27N3O2. The van der Waals surface area contributed by atoms with E-state index < -0.39 is 5.41 Å². The molecule has 2 amide bonds. The molecule has 0 bridgehead atoms. The number of likely N-dealkylation sites (tertiary alicyclic amines) is 1. The van der Waals surface area contributed by atoms with Crippen molar-refractivity contribution in [2.75, 3.05) is 19.6 Å². The highest BCUT2D eigenvalue weighted by atomic mass is 16.2. The van der Waals surface area contributed by atoms with Gasteiger partial charge in [-0.2, -0.15) is 0 Å². The van der Waals surface area contributed by atoms with Gasteiger partial charge in [-0.15, -0.1) is 0 Å². The minimum atomic E-state index is -0.587. The Morgan fingerprint density at radius 2 is 1.95 bits per heavy atom. The molecule has 0 aromatic carbocycles. The van der Waals surface area contributed by atoms with E-state index in [1.54, 1.807) is 4.90 Å². The summed E-state index contributed by atoms with van der Waals surface area (Å²) in [6.45, 7) is 9.48. The zero-order valence-electron chi connectivity index (χ0n) is 12.5. The largest absolute Gasteiger partial charge is 0.369 e. The van der Waals surface area contributed by atoms with Crippen LogP contribution in [0.1, 0.15) is 40.5 Å². The summed E-state index contributed by atoms with van der Waals surface area (Å²) < 4.78 is 0. The molecule has 5 heteroatoms. The second-order valence-electron chi connectivity index (χ2n) is 7.13. The number of carbonyl (C=O) groups excluding carboxylic acids is 2. The summed E-state index contributed by atoms with van der Waals surface area (Å²) in [5, 5.41) is 0. The van der Waals surface area contributed by atoms with Gasteiger partial charge in [0, 0.05) is 19.6 Å². The third-order valence-electron chi connectivity index (χ3n) is 3.87. The second-order valence-corrected chi connectivity index (χ2v) is 7.13. The van der Waals surface area contributed by atoms with Crippen LogP contribution in [0.25, 0.3) is 0 Å². The van der Waals surface area contributed by atoms with Crippen molar-refractivity contribution in [2.45, 2.75) is 40.5 Å². The van der Waals surface area contributed by atoms with Gasteiger partial charge in [-0.25, -0.2) is 0 Å². The van der Waals surface area contributed by atoms with Crippen LogP contribution in [0.15, 0.2) is 0 Å². The first-order valence-corrected chi connectivity index (χ1v) is 6.88. The van der Waals surface area contributed by atoms with Crippen LogP contribution in [0.5, 0.6) is 0 Å². The first kappa shape index (κ1) is 16.0. The monoisotopic (exact) mass is 269 g/mol. The fraction of sp³-hybridized carbons (Fsp3) is 0.857. The molecule has 0 aliphatic carbocycles. The Morgan fingerprint density at radius 3 is 2.32 bits per heavy atom. The van der Waals surface area contributed by atoms with Crippen LogP contribution in [-0.4, -0.2) is 36.3 Å². The van der Waals surface area contributed by atoms with Crippen LogP contribution in [0, 0.1) is 16.7 Å². The number of hydrogen-bond acceptors (Lipinski definition) is 3. The van der Waals surface area contributed by atoms with Crippen molar-refractivity contribution in [1.82, 2.24) is 4.90 Å². The number of carbonyl (C=O) groups is 2. The van der Waals surface area contributed by atoms with Crippen molar-refractivity contribution >= 4 is 11.8 Å². The molecule has 4 N–H and O–H groups in total. The maximum Gasteiger partial charge on any atom is 0.227 e. The van der Waals surface area contributed by atoms with Crippen LogP contribution >= 0.6 is 0 Å². The number of primary amides is 1. The van der Waals surface area contributed by atoms with Crippen molar-refractivity contribution in [3.05, 3.63) is 0 Å². The first-order chi connectivity index (χ1) is 8.59. The van der Waals surface area contributed by atoms with Crippen molar-refractivity contribution in [2.24, 2.45) is 28.2 Å². The normalized spacial score (nSPS) is 25.4. The summed E-state index contributed by atoms with van der Waals surface area (Å²) in [6, 6.07) is 0. The Balaban J connectivity index is 2.71. The molecule has 0 aromatic rings. The molecule has 0 saturated carbocycles. The van der Waals surface area contributed by atoms with E-state index in [0.717, 1.165) is 6.42 Å². The van der Waals surface area contributed by atoms with Crippen molar-refractivity contribution in [3.8, 4) is 0 Å². The summed E-state index contributed by atoms with van der Waals surface area (Å²) in [6.07, 6.45) is 1.40. The second kappa shape index (κ2) is 5.49. The minimum Gasteiger partial charge on any atom is -0.369 e. The number of nitrogens with two attached hydrogens (primary N) is 2. The van der Waals surface area contributed by atoms with Crippen LogP contribution < -0.4 is 11.5 Å². The smallest absolute Gasteiger partial charge is 0.227 e. The Labute approximate surface area is 115 Å². The highest BCUT2D eigenvalue weighted by Crippen LogP contribution is 2.32. The van der Waals surface area contributed by atoms with E-state index in [4.69, 9.17) is 11.5 Å². The first-order valence-electron chi connectivity index (χ1n) is 6.88. The minimum absolute atomic E-state index is 0.0578. The van der Waals surface area contributed by atoms with Crippen molar-refractivity contribution in [3.63, 3.8) is 0 Å². The molecule has 0 aromatic heterocycles. The van der Waals surface area contributed by atoms with E-state index in [1.165, 1.54) is 0 Å². The molecule has 1 heterocycles. The molecule has 2 atom stereocenters. The number of nitrogens with zero attached hydrogens (tertiary/aromatic N) is 1. The quantitative estimate of drug-likeness (QED) is 0.788. The van der Waals surface area contributed by atoms with Gasteiger partial charge in [-0.1, -0.05) is 20.8 Å². The average Bonchev–Trinajstić information content (AvgIpc) is 2.68. The standard InChI is InChI=1S/C14H27N3O2/c1-13(2,3)7-10(8-15)11(18)17-6-5-14(4,9-17)12(16)19/h10H,5-9,15H2,1-4H3,(H2,16,19). The predicted octanol–water partition coefficient (Wildman–Crippen LogP) is 0.721. The van der Waals surface area contributed by atoms with E-state index in [-0.39, 0.29) is 23.1 Å². The lowest BCUT2D eigenvalue weighted by Gasteiger charge is -2.28. The van der Waals surface area contributed by atoms with Crippen LogP contribution in [0.3, 0.4) is 0 Å². The lowest BCUT2D eigenvalue weighted by Crippen LogP contribution is -2.42. The molecule has 0 radical (unpaired) electrons. The van der Waals surface area contributed by atoms with Crippen molar-refractivity contribution in [1.29, 1.82) is 0 Å². The van der Waals surface area contributed by atoms with E-state index in [1.807, 2.05) is 6.92 Å². The highest BCUT2D eigenvalue weighted by molar-refractivity contribution is 5.84. The van der Waals surface area contributed by atoms with Crippen molar-refractivity contribution < 1.29 is 9.59 Å². The molecule has 1 saturated heterocycles. The third-order valence-corrected chi connectivity index (χ3v) is 3.87. The Morgan fingerprint density at radius 1 is 1.37 bits per heavy atom. The van der Waals surface area contributed by atoms with E-state index in [2.05, 4.69) is 20.8 Å². The molecule has 110 valence electrons. The predicted molar refractivity (Wildman–Crippen MR) is 75.1 cm³/mol. The number of hydrogen-bond donors (Lipinski definition) is 2. The van der Waals surface area contributed by atoms with Gasteiger partial charge in [0.1, 0.15) is 0 Å². The van der Waals surface area contributed by atoms with Crippen LogP contribution in [0.4, 0.5) is 0 Å². The Kier molecular flexibility index (Phi) is 4.61. The van der Waals surface area contributed by atoms with E-state index in [9.17, 15) is 9.59 Å². The molecule has 1 aliphatic heterocycles. The van der Waals surface area contributed by atoms with Gasteiger partial charge in [0.25, 0.3) is 0 Å². The molecule has 2 unspecified atom stereocenters. The number of rotatable bonds is 4. The maximum atomic E-state index is 12.5. The highest BCUT2D eigenvalue weighted by Gasteiger charge is 2.42. The summed E-state index contributed by atoms with van der Waals surface area (Å²) in [5.41, 5.74) is 10.6. The maximum absolute atomic E-state index is 12.5. The molecule has 5 nitrogen and oxygen atoms in total. The van der Waals surface area contributed by atoms with Crippen LogP contribution in [0.2, 0.25) is 0 Å². The zero-order chi connectivity index (χ0) is 14.8. The zero-order valence-corrected chi connectivity index (χ0v) is 12.5. The summed E-state index contributed by atoms with van der Waals surface area (Å²) in [7, 11) is 0. The van der Waals surface area contributed by atoms with Gasteiger partial charge in [0.05, 0.1) is 11.3 Å². The van der Waals surface area contributed by atoms with Gasteiger partial charge in [-0.05, 0) is 25.2 Å². The fourth-order valence-electron chi connectivity index (χ4n) is 2.62. The van der Waals surface area contributed by atoms with E-state index in [0.29, 0.717) is 26.1 Å². The fourth-order valence-corrected chi connectivity index (χ4v) is 2.62. The number of amides is 2. The Hall–Kier alpha value is -1.10. The molecule has 1 fully saturated rings. The lowest BCUT2D eigenvalue weighted by atomic mass is 9.84. The van der Waals surface area contributed by atoms with Gasteiger partial charge in [-0.3, -0.25) is 9.59 Å². The SMILES string of the molecule is CC(C)(C)CC(CN)C(=O)N1CCC(C)(C(N)=O)C1. The molecule has 1 aliphatic rings. The average molecular weight is 269 g/mol. The Bertz CT molecular complexity index is 362. The summed E-state index contributed by atoms with van der Waals surface area (Å²) in [5.74, 6) is -0.444. The van der Waals surface area contributed by atoms with Crippen LogP contribution in [-0.2, 0) is 9.59 Å². The van der Waals surface area contributed by atoms with Gasteiger partial charge >= 0.3 is 0 Å². The van der Waals surface area contributed by atoms with E-state index >= 15 is 0 Å². The lowest BCUT2D eigenvalue weighted by molar-refractivity contribution is -0.136. The summed E-state index contributed by atoms with van der Waals surface area (Å²) >= 11 is 0. The molecule has 0 spiro atoms. The molecular weight excluding hydrogens is 242 g/mol.